The number of aryl methyl sites for hydroxylation is 1. The Morgan fingerprint density at radius 3 is 2.87 bits per heavy atom. The van der Waals surface area contributed by atoms with Gasteiger partial charge in [0.25, 0.3) is 0 Å². The molecule has 1 aromatic carbocycles. The molecule has 2 heterocycles. The number of aromatic nitrogens is 1. The van der Waals surface area contributed by atoms with Crippen LogP contribution >= 0.6 is 11.3 Å². The summed E-state index contributed by atoms with van der Waals surface area (Å²) < 4.78 is 13.5. The van der Waals surface area contributed by atoms with Crippen LogP contribution in [0.3, 0.4) is 0 Å². The van der Waals surface area contributed by atoms with Crippen molar-refractivity contribution < 1.29 is 9.18 Å². The molecule has 1 N–H and O–H groups in total. The minimum absolute atomic E-state index is 0.0270. The van der Waals surface area contributed by atoms with Crippen molar-refractivity contribution in [1.82, 2.24) is 9.88 Å². The Bertz CT molecular complexity index is 838. The predicted molar refractivity (Wildman–Crippen MR) is 92.2 cm³/mol. The molecule has 0 aliphatic rings. The van der Waals surface area contributed by atoms with E-state index in [0.717, 1.165) is 27.0 Å². The molecule has 0 unspecified atom stereocenters. The lowest BCUT2D eigenvalue weighted by molar-refractivity contribution is -0.131. The Morgan fingerprint density at radius 2 is 2.17 bits per heavy atom. The maximum Gasteiger partial charge on any atom is 0.227 e. The standard InChI is InChI=1S/C18H19FN2OS/c1-11-14(15-9-13(19)6-7-16(15)20-11)10-18(22)21(3)12(2)17-5-4-8-23-17/h4-9,12,20H,10H2,1-3H3/t12-/m1/s1. The first kappa shape index (κ1) is 15.7. The Kier molecular flexibility index (Phi) is 4.22. The first-order valence-corrected chi connectivity index (χ1v) is 8.41. The van der Waals surface area contributed by atoms with Crippen molar-refractivity contribution in [3.63, 3.8) is 0 Å². The van der Waals surface area contributed by atoms with Gasteiger partial charge in [0.15, 0.2) is 0 Å². The van der Waals surface area contributed by atoms with Crippen LogP contribution in [0.15, 0.2) is 35.7 Å². The number of hydrogen-bond donors (Lipinski definition) is 1. The average molecular weight is 330 g/mol. The van der Waals surface area contributed by atoms with Gasteiger partial charge in [0.2, 0.25) is 5.91 Å². The number of fused-ring (bicyclic) bond motifs is 1. The number of carbonyl (C=O) groups excluding carboxylic acids is 1. The summed E-state index contributed by atoms with van der Waals surface area (Å²) in [5, 5.41) is 2.80. The molecule has 0 aliphatic heterocycles. The second-order valence-electron chi connectivity index (χ2n) is 5.79. The SMILES string of the molecule is Cc1[nH]c2ccc(F)cc2c1CC(=O)N(C)[C@H](C)c1cccs1. The number of benzene rings is 1. The molecule has 2 aromatic heterocycles. The molecule has 1 amide bonds. The first-order chi connectivity index (χ1) is 11.0. The molecule has 23 heavy (non-hydrogen) atoms. The third kappa shape index (κ3) is 3.01. The van der Waals surface area contributed by atoms with Crippen LogP contribution in [0.25, 0.3) is 10.9 Å². The summed E-state index contributed by atoms with van der Waals surface area (Å²) in [4.78, 5) is 18.8. The zero-order valence-corrected chi connectivity index (χ0v) is 14.2. The molecule has 1 atom stereocenters. The fourth-order valence-electron chi connectivity index (χ4n) is 2.79. The molecule has 120 valence electrons. The molecule has 3 rings (SSSR count). The number of rotatable bonds is 4. The molecule has 5 heteroatoms. The van der Waals surface area contributed by atoms with E-state index in [1.54, 1.807) is 22.3 Å². The van der Waals surface area contributed by atoms with E-state index in [-0.39, 0.29) is 24.2 Å². The van der Waals surface area contributed by atoms with Crippen molar-refractivity contribution in [2.24, 2.45) is 0 Å². The van der Waals surface area contributed by atoms with Crippen LogP contribution in [-0.2, 0) is 11.2 Å². The number of aromatic amines is 1. The van der Waals surface area contributed by atoms with Crippen LogP contribution in [0.4, 0.5) is 4.39 Å². The summed E-state index contributed by atoms with van der Waals surface area (Å²) in [5.41, 5.74) is 2.64. The van der Waals surface area contributed by atoms with Crippen molar-refractivity contribution in [2.45, 2.75) is 26.3 Å². The van der Waals surface area contributed by atoms with Crippen LogP contribution in [0.5, 0.6) is 0 Å². The third-order valence-corrected chi connectivity index (χ3v) is 5.38. The zero-order valence-electron chi connectivity index (χ0n) is 13.4. The van der Waals surface area contributed by atoms with E-state index in [1.165, 1.54) is 12.1 Å². The highest BCUT2D eigenvalue weighted by Gasteiger charge is 2.20. The Hall–Kier alpha value is -2.14. The highest BCUT2D eigenvalue weighted by molar-refractivity contribution is 7.10. The van der Waals surface area contributed by atoms with Crippen molar-refractivity contribution in [3.05, 3.63) is 57.7 Å². The number of nitrogens with zero attached hydrogens (tertiary/aromatic N) is 1. The fraction of sp³-hybridized carbons (Fsp3) is 0.278. The van der Waals surface area contributed by atoms with Crippen LogP contribution in [-0.4, -0.2) is 22.8 Å². The second-order valence-corrected chi connectivity index (χ2v) is 6.77. The van der Waals surface area contributed by atoms with Gasteiger partial charge in [-0.3, -0.25) is 4.79 Å². The lowest BCUT2D eigenvalue weighted by Crippen LogP contribution is -2.30. The molecule has 0 aliphatic carbocycles. The normalized spacial score (nSPS) is 12.5. The maximum atomic E-state index is 13.5. The van der Waals surface area contributed by atoms with Crippen LogP contribution in [0.1, 0.15) is 29.1 Å². The maximum absolute atomic E-state index is 13.5. The van der Waals surface area contributed by atoms with E-state index in [2.05, 4.69) is 4.98 Å². The smallest absolute Gasteiger partial charge is 0.227 e. The fourth-order valence-corrected chi connectivity index (χ4v) is 3.62. The van der Waals surface area contributed by atoms with E-state index in [9.17, 15) is 9.18 Å². The number of thiophene rings is 1. The molecule has 0 saturated heterocycles. The molecule has 3 aromatic rings. The van der Waals surface area contributed by atoms with Gasteiger partial charge in [-0.25, -0.2) is 4.39 Å². The predicted octanol–water partition coefficient (Wildman–Crippen LogP) is 4.44. The number of halogens is 1. The van der Waals surface area contributed by atoms with E-state index < -0.39 is 0 Å². The van der Waals surface area contributed by atoms with Gasteiger partial charge in [-0.05, 0) is 49.1 Å². The highest BCUT2D eigenvalue weighted by atomic mass is 32.1. The Labute approximate surface area is 138 Å². The third-order valence-electron chi connectivity index (χ3n) is 4.34. The monoisotopic (exact) mass is 330 g/mol. The number of hydrogen-bond acceptors (Lipinski definition) is 2. The largest absolute Gasteiger partial charge is 0.358 e. The summed E-state index contributed by atoms with van der Waals surface area (Å²) in [6.07, 6.45) is 0.265. The van der Waals surface area contributed by atoms with E-state index >= 15 is 0 Å². The van der Waals surface area contributed by atoms with Crippen LogP contribution in [0.2, 0.25) is 0 Å². The Morgan fingerprint density at radius 1 is 1.39 bits per heavy atom. The minimum Gasteiger partial charge on any atom is -0.358 e. The first-order valence-electron chi connectivity index (χ1n) is 7.53. The molecule has 0 spiro atoms. The number of carbonyl (C=O) groups is 1. The number of H-pyrrole nitrogens is 1. The van der Waals surface area contributed by atoms with Crippen molar-refractivity contribution in [2.75, 3.05) is 7.05 Å². The highest BCUT2D eigenvalue weighted by Crippen LogP contribution is 2.27. The molecule has 0 fully saturated rings. The van der Waals surface area contributed by atoms with Gasteiger partial charge in [-0.1, -0.05) is 6.07 Å². The molecule has 0 saturated carbocycles. The summed E-state index contributed by atoms with van der Waals surface area (Å²) in [6, 6.07) is 8.68. The molecule has 0 radical (unpaired) electrons. The number of amides is 1. The second kappa shape index (κ2) is 6.16. The average Bonchev–Trinajstić information content (AvgIpc) is 3.15. The van der Waals surface area contributed by atoms with E-state index in [0.29, 0.717) is 0 Å². The molecule has 0 bridgehead atoms. The Balaban J connectivity index is 1.85. The molecular formula is C18H19FN2OS. The quantitative estimate of drug-likeness (QED) is 0.754. The van der Waals surface area contributed by atoms with Crippen molar-refractivity contribution in [3.8, 4) is 0 Å². The van der Waals surface area contributed by atoms with Gasteiger partial charge in [-0.2, -0.15) is 0 Å². The zero-order chi connectivity index (χ0) is 16.6. The summed E-state index contributed by atoms with van der Waals surface area (Å²) in [5.74, 6) is -0.260. The summed E-state index contributed by atoms with van der Waals surface area (Å²) >= 11 is 1.64. The number of nitrogens with one attached hydrogen (secondary N) is 1. The van der Waals surface area contributed by atoms with E-state index in [4.69, 9.17) is 0 Å². The van der Waals surface area contributed by atoms with Gasteiger partial charge in [0.1, 0.15) is 5.82 Å². The number of likely N-dealkylation sites (N-methyl/N-ethyl adjacent to an activating group) is 1. The molecule has 3 nitrogen and oxygen atoms in total. The van der Waals surface area contributed by atoms with Gasteiger partial charge in [0.05, 0.1) is 12.5 Å². The van der Waals surface area contributed by atoms with E-state index in [1.807, 2.05) is 38.4 Å². The summed E-state index contributed by atoms with van der Waals surface area (Å²) in [7, 11) is 1.82. The van der Waals surface area contributed by atoms with Crippen molar-refractivity contribution in [1.29, 1.82) is 0 Å². The van der Waals surface area contributed by atoms with Gasteiger partial charge in [-0.15, -0.1) is 11.3 Å². The van der Waals surface area contributed by atoms with Crippen LogP contribution in [0, 0.1) is 12.7 Å². The topological polar surface area (TPSA) is 36.1 Å². The van der Waals surface area contributed by atoms with Crippen molar-refractivity contribution >= 4 is 28.1 Å². The van der Waals surface area contributed by atoms with Gasteiger partial charge < -0.3 is 9.88 Å². The van der Waals surface area contributed by atoms with Gasteiger partial charge >= 0.3 is 0 Å². The summed E-state index contributed by atoms with van der Waals surface area (Å²) in [6.45, 7) is 3.94. The minimum atomic E-state index is -0.287. The van der Waals surface area contributed by atoms with Gasteiger partial charge in [0, 0.05) is 28.5 Å². The lowest BCUT2D eigenvalue weighted by Gasteiger charge is -2.24. The lowest BCUT2D eigenvalue weighted by atomic mass is 10.1. The van der Waals surface area contributed by atoms with Crippen LogP contribution < -0.4 is 0 Å². The molecular weight excluding hydrogens is 311 g/mol.